The van der Waals surface area contributed by atoms with E-state index in [9.17, 15) is 4.79 Å². The Bertz CT molecular complexity index is 653. The SMILES string of the molecule is Cc1ccc(OCC(=O)N2CCC(Oc3ncccn3)CC2)cc1. The number of ether oxygens (including phenoxy) is 2. The molecule has 2 heterocycles. The van der Waals surface area contributed by atoms with Gasteiger partial charge in [0.15, 0.2) is 6.61 Å². The van der Waals surface area contributed by atoms with Gasteiger partial charge in [-0.05, 0) is 25.1 Å². The predicted molar refractivity (Wildman–Crippen MR) is 88.9 cm³/mol. The summed E-state index contributed by atoms with van der Waals surface area (Å²) in [6.07, 6.45) is 4.91. The number of carbonyl (C=O) groups is 1. The molecule has 0 unspecified atom stereocenters. The molecule has 0 aliphatic carbocycles. The highest BCUT2D eigenvalue weighted by molar-refractivity contribution is 5.77. The number of benzene rings is 1. The molecule has 0 spiro atoms. The van der Waals surface area contributed by atoms with Gasteiger partial charge in [0.1, 0.15) is 11.9 Å². The van der Waals surface area contributed by atoms with Crippen LogP contribution in [0.25, 0.3) is 0 Å². The predicted octanol–water partition coefficient (Wildman–Crippen LogP) is 2.23. The van der Waals surface area contributed by atoms with Gasteiger partial charge in [0.2, 0.25) is 0 Å². The normalized spacial score (nSPS) is 15.1. The maximum atomic E-state index is 12.2. The Morgan fingerprint density at radius 2 is 1.83 bits per heavy atom. The topological polar surface area (TPSA) is 64.5 Å². The first-order chi connectivity index (χ1) is 11.7. The van der Waals surface area contributed by atoms with Crippen LogP contribution in [0.4, 0.5) is 0 Å². The molecule has 1 aromatic carbocycles. The molecule has 0 bridgehead atoms. The van der Waals surface area contributed by atoms with Crippen molar-refractivity contribution < 1.29 is 14.3 Å². The van der Waals surface area contributed by atoms with Crippen molar-refractivity contribution in [2.24, 2.45) is 0 Å². The summed E-state index contributed by atoms with van der Waals surface area (Å²) in [5.74, 6) is 0.721. The average molecular weight is 327 g/mol. The number of hydrogen-bond acceptors (Lipinski definition) is 5. The Morgan fingerprint density at radius 3 is 2.50 bits per heavy atom. The van der Waals surface area contributed by atoms with Crippen LogP contribution in [0, 0.1) is 6.92 Å². The number of aromatic nitrogens is 2. The Morgan fingerprint density at radius 1 is 1.17 bits per heavy atom. The summed E-state index contributed by atoms with van der Waals surface area (Å²) >= 11 is 0. The molecule has 1 aromatic heterocycles. The lowest BCUT2D eigenvalue weighted by molar-refractivity contribution is -0.135. The van der Waals surface area contributed by atoms with Gasteiger partial charge in [-0.25, -0.2) is 9.97 Å². The minimum atomic E-state index is 0.00462. The highest BCUT2D eigenvalue weighted by Gasteiger charge is 2.24. The maximum absolute atomic E-state index is 12.2. The molecule has 6 nitrogen and oxygen atoms in total. The van der Waals surface area contributed by atoms with E-state index >= 15 is 0 Å². The lowest BCUT2D eigenvalue weighted by atomic mass is 10.1. The van der Waals surface area contributed by atoms with Crippen molar-refractivity contribution in [2.75, 3.05) is 19.7 Å². The third-order valence-corrected chi connectivity index (χ3v) is 3.99. The fraction of sp³-hybridized carbons (Fsp3) is 0.389. The molecular weight excluding hydrogens is 306 g/mol. The zero-order chi connectivity index (χ0) is 16.8. The Labute approximate surface area is 141 Å². The van der Waals surface area contributed by atoms with Gasteiger partial charge in [0.25, 0.3) is 5.91 Å². The molecule has 1 aliphatic rings. The number of amides is 1. The summed E-state index contributed by atoms with van der Waals surface area (Å²) < 4.78 is 11.3. The second-order valence-corrected chi connectivity index (χ2v) is 5.83. The van der Waals surface area contributed by atoms with Crippen LogP contribution in [-0.4, -0.2) is 46.6 Å². The molecule has 6 heteroatoms. The molecule has 0 atom stereocenters. The molecule has 24 heavy (non-hydrogen) atoms. The fourth-order valence-electron chi connectivity index (χ4n) is 2.59. The zero-order valence-corrected chi connectivity index (χ0v) is 13.7. The number of nitrogens with zero attached hydrogens (tertiary/aromatic N) is 3. The van der Waals surface area contributed by atoms with E-state index in [2.05, 4.69) is 9.97 Å². The van der Waals surface area contributed by atoms with E-state index in [1.807, 2.05) is 36.1 Å². The smallest absolute Gasteiger partial charge is 0.316 e. The molecule has 126 valence electrons. The van der Waals surface area contributed by atoms with E-state index in [0.29, 0.717) is 24.8 Å². The quantitative estimate of drug-likeness (QED) is 0.842. The lowest BCUT2D eigenvalue weighted by Gasteiger charge is -2.31. The van der Waals surface area contributed by atoms with Crippen LogP contribution in [0.5, 0.6) is 11.8 Å². The lowest BCUT2D eigenvalue weighted by Crippen LogP contribution is -2.43. The van der Waals surface area contributed by atoms with Crippen molar-refractivity contribution in [1.82, 2.24) is 14.9 Å². The second-order valence-electron chi connectivity index (χ2n) is 5.83. The molecule has 1 aliphatic heterocycles. The van der Waals surface area contributed by atoms with Crippen LogP contribution in [0.15, 0.2) is 42.7 Å². The van der Waals surface area contributed by atoms with Gasteiger partial charge in [0, 0.05) is 38.3 Å². The van der Waals surface area contributed by atoms with Crippen LogP contribution >= 0.6 is 0 Å². The van der Waals surface area contributed by atoms with Crippen molar-refractivity contribution in [3.8, 4) is 11.8 Å². The van der Waals surface area contributed by atoms with Crippen LogP contribution < -0.4 is 9.47 Å². The standard InChI is InChI=1S/C18H21N3O3/c1-14-3-5-15(6-4-14)23-13-17(22)21-11-7-16(8-12-21)24-18-19-9-2-10-20-18/h2-6,9-10,16H,7-8,11-13H2,1H3. The summed E-state index contributed by atoms with van der Waals surface area (Å²) in [5, 5.41) is 0. The van der Waals surface area contributed by atoms with Crippen molar-refractivity contribution in [3.63, 3.8) is 0 Å². The third kappa shape index (κ3) is 4.44. The van der Waals surface area contributed by atoms with Crippen LogP contribution in [0.3, 0.4) is 0 Å². The van der Waals surface area contributed by atoms with Crippen LogP contribution in [-0.2, 0) is 4.79 Å². The summed E-state index contributed by atoms with van der Waals surface area (Å²) in [5.41, 5.74) is 1.16. The van der Waals surface area contributed by atoms with Gasteiger partial charge < -0.3 is 14.4 Å². The van der Waals surface area contributed by atoms with E-state index in [4.69, 9.17) is 9.47 Å². The van der Waals surface area contributed by atoms with E-state index < -0.39 is 0 Å². The van der Waals surface area contributed by atoms with Crippen molar-refractivity contribution in [3.05, 3.63) is 48.3 Å². The minimum absolute atomic E-state index is 0.00462. The average Bonchev–Trinajstić information content (AvgIpc) is 2.62. The van der Waals surface area contributed by atoms with E-state index in [1.54, 1.807) is 18.5 Å². The molecule has 1 saturated heterocycles. The Hall–Kier alpha value is -2.63. The summed E-state index contributed by atoms with van der Waals surface area (Å²) in [6.45, 7) is 3.40. The molecule has 1 fully saturated rings. The minimum Gasteiger partial charge on any atom is -0.484 e. The summed E-state index contributed by atoms with van der Waals surface area (Å²) in [4.78, 5) is 22.2. The maximum Gasteiger partial charge on any atom is 0.316 e. The second kappa shape index (κ2) is 7.77. The molecule has 3 rings (SSSR count). The first-order valence-corrected chi connectivity index (χ1v) is 8.11. The van der Waals surface area contributed by atoms with E-state index in [1.165, 1.54) is 0 Å². The molecule has 2 aromatic rings. The molecule has 0 saturated carbocycles. The highest BCUT2D eigenvalue weighted by atomic mass is 16.5. The monoisotopic (exact) mass is 327 g/mol. The van der Waals surface area contributed by atoms with Gasteiger partial charge in [-0.3, -0.25) is 4.79 Å². The molecular formula is C18H21N3O3. The molecule has 0 radical (unpaired) electrons. The van der Waals surface area contributed by atoms with Crippen LogP contribution in [0.2, 0.25) is 0 Å². The Kier molecular flexibility index (Phi) is 5.25. The highest BCUT2D eigenvalue weighted by Crippen LogP contribution is 2.16. The number of piperidine rings is 1. The number of carbonyl (C=O) groups excluding carboxylic acids is 1. The van der Waals surface area contributed by atoms with Gasteiger partial charge in [-0.15, -0.1) is 0 Å². The third-order valence-electron chi connectivity index (χ3n) is 3.99. The first kappa shape index (κ1) is 16.2. The van der Waals surface area contributed by atoms with Gasteiger partial charge >= 0.3 is 6.01 Å². The fourth-order valence-corrected chi connectivity index (χ4v) is 2.59. The zero-order valence-electron chi connectivity index (χ0n) is 13.7. The number of likely N-dealkylation sites (tertiary alicyclic amines) is 1. The molecule has 0 N–H and O–H groups in total. The van der Waals surface area contributed by atoms with Gasteiger partial charge in [-0.2, -0.15) is 0 Å². The Balaban J connectivity index is 1.42. The number of aryl methyl sites for hydroxylation is 1. The number of rotatable bonds is 5. The summed E-state index contributed by atoms with van der Waals surface area (Å²) in [7, 11) is 0. The van der Waals surface area contributed by atoms with E-state index in [-0.39, 0.29) is 18.6 Å². The van der Waals surface area contributed by atoms with Gasteiger partial charge in [0.05, 0.1) is 0 Å². The van der Waals surface area contributed by atoms with Crippen molar-refractivity contribution in [2.45, 2.75) is 25.9 Å². The first-order valence-electron chi connectivity index (χ1n) is 8.11. The summed E-state index contributed by atoms with van der Waals surface area (Å²) in [6, 6.07) is 9.83. The van der Waals surface area contributed by atoms with Crippen molar-refractivity contribution >= 4 is 5.91 Å². The van der Waals surface area contributed by atoms with Crippen LogP contribution in [0.1, 0.15) is 18.4 Å². The number of hydrogen-bond donors (Lipinski definition) is 0. The van der Waals surface area contributed by atoms with E-state index in [0.717, 1.165) is 18.4 Å². The van der Waals surface area contributed by atoms with Gasteiger partial charge in [-0.1, -0.05) is 17.7 Å². The van der Waals surface area contributed by atoms with Crippen molar-refractivity contribution in [1.29, 1.82) is 0 Å². The molecule has 1 amide bonds. The largest absolute Gasteiger partial charge is 0.484 e.